The number of rotatable bonds is 0. The van der Waals surface area contributed by atoms with Crippen LogP contribution in [0.15, 0.2) is 78.8 Å². The van der Waals surface area contributed by atoms with Gasteiger partial charge < -0.3 is 0 Å². The molecule has 0 saturated heterocycles. The van der Waals surface area contributed by atoms with Gasteiger partial charge in [-0.1, -0.05) is 151 Å². The molecule has 0 saturated carbocycles. The third-order valence-electron chi connectivity index (χ3n) is 7.53. The minimum absolute atomic E-state index is 0.0707. The van der Waals surface area contributed by atoms with E-state index in [4.69, 9.17) is 0 Å². The quantitative estimate of drug-likeness (QED) is 0.175. The van der Waals surface area contributed by atoms with Crippen LogP contribution >= 0.6 is 0 Å². The molecule has 0 N–H and O–H groups in total. The lowest BCUT2D eigenvalue weighted by Crippen LogP contribution is -2.35. The molecule has 0 spiro atoms. The molecule has 0 bridgehead atoms. The molecule has 1 atom stereocenters. The van der Waals surface area contributed by atoms with Crippen molar-refractivity contribution >= 4 is 6.21 Å². The van der Waals surface area contributed by atoms with Crippen LogP contribution in [0.25, 0.3) is 0 Å². The highest BCUT2D eigenvalue weighted by Crippen LogP contribution is 2.28. The van der Waals surface area contributed by atoms with Gasteiger partial charge in [0.25, 0.3) is 0 Å². The molecule has 0 radical (unpaired) electrons. The van der Waals surface area contributed by atoms with Crippen molar-refractivity contribution in [1.29, 1.82) is 0 Å². The van der Waals surface area contributed by atoms with Gasteiger partial charge in [-0.3, -0.25) is 24.6 Å². The van der Waals surface area contributed by atoms with Crippen LogP contribution in [-0.2, 0) is 28.7 Å². The molecule has 9 nitrogen and oxygen atoms in total. The summed E-state index contributed by atoms with van der Waals surface area (Å²) in [5.41, 5.74) is 4.24. The maximum Gasteiger partial charge on any atom is 0.133 e. The Bertz CT molecular complexity index is 1380. The van der Waals surface area contributed by atoms with Crippen LogP contribution in [0.5, 0.6) is 0 Å². The maximum atomic E-state index is 4.30. The van der Waals surface area contributed by atoms with Crippen molar-refractivity contribution in [2.24, 2.45) is 17.6 Å². The molecule has 1 aliphatic rings. The highest BCUT2D eigenvalue weighted by Gasteiger charge is 2.29. The first-order valence-corrected chi connectivity index (χ1v) is 20.5. The van der Waals surface area contributed by atoms with Gasteiger partial charge in [0.05, 0.1) is 17.4 Å². The first kappa shape index (κ1) is 56.3. The average Bonchev–Trinajstić information content (AvgIpc) is 3.81. The van der Waals surface area contributed by atoms with Crippen LogP contribution in [-0.4, -0.2) is 59.0 Å². The summed E-state index contributed by atoms with van der Waals surface area (Å²) in [4.78, 5) is 20.7. The summed E-state index contributed by atoms with van der Waals surface area (Å²) in [5.74, 6) is 0.898. The van der Waals surface area contributed by atoms with Crippen molar-refractivity contribution in [3.63, 3.8) is 0 Å². The fraction of sp³-hybridized carbons (Fsp3) is 0.638. The number of hydrazone groups is 1. The molecule has 318 valence electrons. The van der Waals surface area contributed by atoms with Crippen LogP contribution in [0.4, 0.5) is 0 Å². The monoisotopic (exact) mass is 776 g/mol. The number of hydrogen-bond donors (Lipinski definition) is 0. The van der Waals surface area contributed by atoms with E-state index in [1.54, 1.807) is 31.0 Å². The fourth-order valence-electron chi connectivity index (χ4n) is 4.42. The molecule has 4 aromatic heterocycles. The highest BCUT2D eigenvalue weighted by molar-refractivity contribution is 5.60. The Morgan fingerprint density at radius 3 is 1.23 bits per heavy atom. The number of aryl methyl sites for hydroxylation is 1. The van der Waals surface area contributed by atoms with Gasteiger partial charge in [-0.05, 0) is 29.7 Å². The second kappa shape index (κ2) is 27.6. The van der Waals surface area contributed by atoms with E-state index in [9.17, 15) is 0 Å². The molecule has 5 heterocycles. The van der Waals surface area contributed by atoms with Crippen LogP contribution in [0.3, 0.4) is 0 Å². The van der Waals surface area contributed by atoms with Crippen molar-refractivity contribution in [2.45, 2.75) is 180 Å². The Hall–Kier alpha value is -4.01. The lowest BCUT2D eigenvalue weighted by molar-refractivity contribution is 0.153. The van der Waals surface area contributed by atoms with Gasteiger partial charge in [-0.25, -0.2) is 9.97 Å². The second-order valence-electron chi connectivity index (χ2n) is 17.7. The summed E-state index contributed by atoms with van der Waals surface area (Å²) in [6, 6.07) is 10.5. The number of pyridine rings is 1. The van der Waals surface area contributed by atoms with Gasteiger partial charge in [-0.15, -0.1) is 0 Å². The summed E-state index contributed by atoms with van der Waals surface area (Å²) in [5, 5.41) is 10.5. The zero-order valence-corrected chi connectivity index (χ0v) is 40.3. The molecule has 1 unspecified atom stereocenters. The van der Waals surface area contributed by atoms with Crippen molar-refractivity contribution in [3.8, 4) is 0 Å². The van der Waals surface area contributed by atoms with Crippen molar-refractivity contribution in [1.82, 2.24) is 39.7 Å². The molecule has 56 heavy (non-hydrogen) atoms. The molecule has 0 fully saturated rings. The zero-order valence-electron chi connectivity index (χ0n) is 40.3. The van der Waals surface area contributed by atoms with E-state index in [1.165, 1.54) is 0 Å². The Morgan fingerprint density at radius 1 is 0.518 bits per heavy atom. The van der Waals surface area contributed by atoms with Crippen molar-refractivity contribution < 1.29 is 0 Å². The predicted octanol–water partition coefficient (Wildman–Crippen LogP) is 12.4. The van der Waals surface area contributed by atoms with E-state index in [2.05, 4.69) is 156 Å². The average molecular weight is 776 g/mol. The van der Waals surface area contributed by atoms with Gasteiger partial charge in [0.15, 0.2) is 0 Å². The SMILES string of the molecule is CC.CC.CC.CC(C)(C)c1ccccn1.CC(C)(C)c1cnccn1.CC(C)(C)c1ncccn1.CN1N=CCC1C(C)(C)C.Cn1ccc(C(C)(C)C)n1. The minimum Gasteiger partial charge on any atom is -0.296 e. The lowest BCUT2D eigenvalue weighted by atomic mass is 9.85. The van der Waals surface area contributed by atoms with Crippen LogP contribution in [0.1, 0.15) is 175 Å². The predicted molar refractivity (Wildman–Crippen MR) is 244 cm³/mol. The second-order valence-corrected chi connectivity index (χ2v) is 17.7. The third kappa shape index (κ3) is 25.2. The lowest BCUT2D eigenvalue weighted by Gasteiger charge is -2.31. The summed E-state index contributed by atoms with van der Waals surface area (Å²) in [7, 11) is 3.98. The summed E-state index contributed by atoms with van der Waals surface area (Å²) in [6.07, 6.45) is 15.7. The van der Waals surface area contributed by atoms with E-state index < -0.39 is 0 Å². The van der Waals surface area contributed by atoms with E-state index in [1.807, 2.05) is 97.1 Å². The zero-order chi connectivity index (χ0) is 44.4. The fourth-order valence-corrected chi connectivity index (χ4v) is 4.42. The van der Waals surface area contributed by atoms with Gasteiger partial charge in [0.2, 0.25) is 0 Å². The van der Waals surface area contributed by atoms with Crippen molar-refractivity contribution in [3.05, 3.63) is 96.6 Å². The van der Waals surface area contributed by atoms with E-state index in [0.717, 1.165) is 29.3 Å². The van der Waals surface area contributed by atoms with Crippen LogP contribution in [0, 0.1) is 5.41 Å². The van der Waals surface area contributed by atoms with Gasteiger partial charge in [0.1, 0.15) is 5.82 Å². The standard InChI is InChI=1S/C9H13N.C8H14N2.C8H16N2.2C8H12N2.3C2H6/c1-9(2,3)8-6-4-5-7-10-8;1-8(2,3)7-5-6-10(4)9-7;1-8(2,3)7-5-6-9-10(7)4;1-8(2,3)7-6-9-4-5-10-7;1-8(2,3)7-9-5-4-6-10-7;3*1-2/h4-7H,1-3H3;5-6H,1-4H3;6-7H,5H2,1-4H3;2*4-6H,1-3H3;3*1-2H3. The number of hydrogen-bond acceptors (Lipinski definition) is 8. The molecule has 0 aliphatic carbocycles. The van der Waals surface area contributed by atoms with Crippen LogP contribution < -0.4 is 0 Å². The maximum absolute atomic E-state index is 4.30. The first-order chi connectivity index (χ1) is 25.8. The number of nitrogens with zero attached hydrogens (tertiary/aromatic N) is 9. The molecule has 0 aromatic carbocycles. The van der Waals surface area contributed by atoms with E-state index in [0.29, 0.717) is 11.5 Å². The third-order valence-corrected chi connectivity index (χ3v) is 7.53. The van der Waals surface area contributed by atoms with Gasteiger partial charge in [0, 0.05) is 97.5 Å². The normalized spacial score (nSPS) is 13.3. The molecule has 4 aromatic rings. The van der Waals surface area contributed by atoms with Crippen LogP contribution in [0.2, 0.25) is 0 Å². The largest absolute Gasteiger partial charge is 0.296 e. The smallest absolute Gasteiger partial charge is 0.133 e. The van der Waals surface area contributed by atoms with Gasteiger partial charge in [-0.2, -0.15) is 10.2 Å². The molecule has 0 amide bonds. The summed E-state index contributed by atoms with van der Waals surface area (Å²) in [6.45, 7) is 44.4. The molecule has 1 aliphatic heterocycles. The Kier molecular flexibility index (Phi) is 27.7. The Balaban J connectivity index is -0.000000606. The summed E-state index contributed by atoms with van der Waals surface area (Å²) >= 11 is 0. The Morgan fingerprint density at radius 2 is 1.00 bits per heavy atom. The molecule has 5 rings (SSSR count). The van der Waals surface area contributed by atoms with E-state index in [-0.39, 0.29) is 21.7 Å². The minimum atomic E-state index is 0.0707. The van der Waals surface area contributed by atoms with E-state index >= 15 is 0 Å². The molecular weight excluding hydrogens is 691 g/mol. The van der Waals surface area contributed by atoms with Crippen molar-refractivity contribution in [2.75, 3.05) is 7.05 Å². The van der Waals surface area contributed by atoms with Gasteiger partial charge >= 0.3 is 0 Å². The number of aromatic nitrogens is 7. The Labute approximate surface area is 345 Å². The first-order valence-electron chi connectivity index (χ1n) is 20.5. The molecule has 9 heteroatoms. The topological polar surface area (TPSA) is 97.9 Å². The highest BCUT2D eigenvalue weighted by atomic mass is 15.5. The molecular formula is C47H85N9. The summed E-state index contributed by atoms with van der Waals surface area (Å²) < 4.78 is 1.83.